The van der Waals surface area contributed by atoms with Gasteiger partial charge in [-0.2, -0.15) is 0 Å². The molecule has 0 fully saturated rings. The quantitative estimate of drug-likeness (QED) is 0.817. The average Bonchev–Trinajstić information content (AvgIpc) is 2.46. The molecule has 0 bridgehead atoms. The van der Waals surface area contributed by atoms with E-state index in [0.29, 0.717) is 13.2 Å². The predicted molar refractivity (Wildman–Crippen MR) is 85.7 cm³/mol. The lowest BCUT2D eigenvalue weighted by Gasteiger charge is -2.34. The Kier molecular flexibility index (Phi) is 5.62. The van der Waals surface area contributed by atoms with Crippen LogP contribution in [0.25, 0.3) is 0 Å². The highest BCUT2D eigenvalue weighted by Gasteiger charge is 2.26. The van der Waals surface area contributed by atoms with E-state index in [-0.39, 0.29) is 18.1 Å². The highest BCUT2D eigenvalue weighted by molar-refractivity contribution is 5.77. The summed E-state index contributed by atoms with van der Waals surface area (Å²) in [5, 5.41) is 3.33. The lowest BCUT2D eigenvalue weighted by atomic mass is 10.0. The van der Waals surface area contributed by atoms with Gasteiger partial charge in [0.25, 0.3) is 0 Å². The summed E-state index contributed by atoms with van der Waals surface area (Å²) in [5.74, 6) is -0.158. The fourth-order valence-electron chi connectivity index (χ4n) is 2.86. The molecule has 0 amide bonds. The van der Waals surface area contributed by atoms with Crippen LogP contribution in [0.15, 0.2) is 24.3 Å². The molecule has 2 rings (SSSR count). The third kappa shape index (κ3) is 4.21. The van der Waals surface area contributed by atoms with Crippen molar-refractivity contribution in [1.29, 1.82) is 0 Å². The molecule has 0 spiro atoms. The number of carbonyl (C=O) groups is 1. The van der Waals surface area contributed by atoms with Gasteiger partial charge in [0, 0.05) is 24.8 Å². The van der Waals surface area contributed by atoms with Gasteiger partial charge in [0.15, 0.2) is 0 Å². The number of fused-ring (bicyclic) bond motifs is 1. The van der Waals surface area contributed by atoms with Crippen molar-refractivity contribution in [2.24, 2.45) is 0 Å². The molecular formula is C17H26N2O2. The summed E-state index contributed by atoms with van der Waals surface area (Å²) in [7, 11) is 0. The number of anilines is 1. The van der Waals surface area contributed by atoms with Gasteiger partial charge in [-0.1, -0.05) is 32.0 Å². The third-order valence-electron chi connectivity index (χ3n) is 3.72. The van der Waals surface area contributed by atoms with Crippen molar-refractivity contribution in [1.82, 2.24) is 5.32 Å². The van der Waals surface area contributed by atoms with E-state index < -0.39 is 0 Å². The number of aryl methyl sites for hydroxylation is 1. The number of para-hydroxylation sites is 1. The highest BCUT2D eigenvalue weighted by Crippen LogP contribution is 2.26. The Balaban J connectivity index is 2.11. The zero-order chi connectivity index (χ0) is 15.2. The molecule has 21 heavy (non-hydrogen) atoms. The van der Waals surface area contributed by atoms with Crippen LogP contribution in [-0.2, 0) is 16.0 Å². The number of esters is 1. The Morgan fingerprint density at radius 3 is 2.86 bits per heavy atom. The predicted octanol–water partition coefficient (Wildman–Crippen LogP) is 2.37. The van der Waals surface area contributed by atoms with E-state index in [4.69, 9.17) is 4.74 Å². The number of rotatable bonds is 6. The Bertz CT molecular complexity index is 474. The summed E-state index contributed by atoms with van der Waals surface area (Å²) in [6, 6.07) is 8.43. The number of nitrogens with zero attached hydrogens (tertiary/aromatic N) is 1. The van der Waals surface area contributed by atoms with Crippen molar-refractivity contribution < 1.29 is 9.53 Å². The zero-order valence-electron chi connectivity index (χ0n) is 13.3. The summed E-state index contributed by atoms with van der Waals surface area (Å²) in [6.07, 6.45) is 2.25. The normalized spacial score (nSPS) is 15.7. The van der Waals surface area contributed by atoms with Gasteiger partial charge < -0.3 is 15.0 Å². The minimum Gasteiger partial charge on any atom is -0.465 e. The van der Waals surface area contributed by atoms with E-state index in [9.17, 15) is 4.79 Å². The summed E-state index contributed by atoms with van der Waals surface area (Å²) in [6.45, 7) is 8.03. The second-order valence-electron chi connectivity index (χ2n) is 5.80. The van der Waals surface area contributed by atoms with Crippen LogP contribution in [-0.4, -0.2) is 37.7 Å². The van der Waals surface area contributed by atoms with Gasteiger partial charge in [0.2, 0.25) is 0 Å². The van der Waals surface area contributed by atoms with Gasteiger partial charge in [-0.15, -0.1) is 0 Å². The minimum atomic E-state index is -0.281. The topological polar surface area (TPSA) is 41.6 Å². The molecule has 116 valence electrons. The van der Waals surface area contributed by atoms with Gasteiger partial charge in [0.05, 0.1) is 6.61 Å². The molecule has 0 saturated heterocycles. The monoisotopic (exact) mass is 290 g/mol. The molecule has 1 atom stereocenters. The summed E-state index contributed by atoms with van der Waals surface area (Å²) in [5.41, 5.74) is 2.62. The van der Waals surface area contributed by atoms with Crippen LogP contribution in [0.4, 0.5) is 5.69 Å². The number of hydrogen-bond acceptors (Lipinski definition) is 4. The van der Waals surface area contributed by atoms with Crippen LogP contribution < -0.4 is 10.2 Å². The van der Waals surface area contributed by atoms with E-state index in [1.165, 1.54) is 11.3 Å². The molecule has 1 N–H and O–H groups in total. The molecule has 0 aromatic heterocycles. The maximum absolute atomic E-state index is 12.2. The third-order valence-corrected chi connectivity index (χ3v) is 3.72. The molecule has 1 unspecified atom stereocenters. The molecule has 1 aromatic carbocycles. The second kappa shape index (κ2) is 7.46. The Morgan fingerprint density at radius 1 is 1.38 bits per heavy atom. The zero-order valence-corrected chi connectivity index (χ0v) is 13.3. The lowest BCUT2D eigenvalue weighted by Crippen LogP contribution is -2.50. The maximum atomic E-state index is 12.2. The maximum Gasteiger partial charge on any atom is 0.324 e. The SMILES string of the molecule is CCOC(=O)C(CN1CCCc2ccccc21)NC(C)C. The molecule has 4 nitrogen and oxygen atoms in total. The second-order valence-corrected chi connectivity index (χ2v) is 5.80. The van der Waals surface area contributed by atoms with E-state index >= 15 is 0 Å². The molecule has 0 saturated carbocycles. The first kappa shape index (κ1) is 15.8. The van der Waals surface area contributed by atoms with Crippen LogP contribution in [0, 0.1) is 0 Å². The first-order valence-corrected chi connectivity index (χ1v) is 7.87. The number of carbonyl (C=O) groups excluding carboxylic acids is 1. The van der Waals surface area contributed by atoms with Crippen molar-refractivity contribution in [2.75, 3.05) is 24.6 Å². The van der Waals surface area contributed by atoms with E-state index in [1.54, 1.807) is 0 Å². The lowest BCUT2D eigenvalue weighted by molar-refractivity contribution is -0.145. The average molecular weight is 290 g/mol. The van der Waals surface area contributed by atoms with E-state index in [2.05, 4.69) is 48.3 Å². The number of ether oxygens (including phenoxy) is 1. The molecule has 1 heterocycles. The van der Waals surface area contributed by atoms with Crippen molar-refractivity contribution >= 4 is 11.7 Å². The largest absolute Gasteiger partial charge is 0.465 e. The van der Waals surface area contributed by atoms with Gasteiger partial charge in [0.1, 0.15) is 6.04 Å². The molecule has 1 aliphatic heterocycles. The van der Waals surface area contributed by atoms with Gasteiger partial charge in [-0.3, -0.25) is 4.79 Å². The molecular weight excluding hydrogens is 264 g/mol. The Labute approximate surface area is 127 Å². The standard InChI is InChI=1S/C17H26N2O2/c1-4-21-17(20)15(18-13(2)3)12-19-11-7-9-14-8-5-6-10-16(14)19/h5-6,8,10,13,15,18H,4,7,9,11-12H2,1-3H3. The van der Waals surface area contributed by atoms with E-state index in [1.807, 2.05) is 6.92 Å². The molecule has 0 radical (unpaired) electrons. The molecule has 4 heteroatoms. The number of hydrogen-bond donors (Lipinski definition) is 1. The highest BCUT2D eigenvalue weighted by atomic mass is 16.5. The first-order chi connectivity index (χ1) is 10.1. The number of benzene rings is 1. The van der Waals surface area contributed by atoms with Crippen molar-refractivity contribution in [3.63, 3.8) is 0 Å². The first-order valence-electron chi connectivity index (χ1n) is 7.87. The van der Waals surface area contributed by atoms with Gasteiger partial charge in [-0.25, -0.2) is 0 Å². The van der Waals surface area contributed by atoms with Gasteiger partial charge >= 0.3 is 5.97 Å². The van der Waals surface area contributed by atoms with Crippen molar-refractivity contribution in [3.8, 4) is 0 Å². The minimum absolute atomic E-state index is 0.158. The van der Waals surface area contributed by atoms with Gasteiger partial charge in [-0.05, 0) is 31.4 Å². The summed E-state index contributed by atoms with van der Waals surface area (Å²) in [4.78, 5) is 14.5. The molecule has 1 aromatic rings. The van der Waals surface area contributed by atoms with Crippen LogP contribution >= 0.6 is 0 Å². The Morgan fingerprint density at radius 2 is 2.14 bits per heavy atom. The fourth-order valence-corrected chi connectivity index (χ4v) is 2.86. The van der Waals surface area contributed by atoms with Crippen LogP contribution in [0.2, 0.25) is 0 Å². The molecule has 1 aliphatic rings. The van der Waals surface area contributed by atoms with Crippen LogP contribution in [0.1, 0.15) is 32.8 Å². The Hall–Kier alpha value is -1.55. The van der Waals surface area contributed by atoms with Crippen LogP contribution in [0.3, 0.4) is 0 Å². The smallest absolute Gasteiger partial charge is 0.324 e. The van der Waals surface area contributed by atoms with Crippen molar-refractivity contribution in [2.45, 2.75) is 45.7 Å². The summed E-state index contributed by atoms with van der Waals surface area (Å²) >= 11 is 0. The molecule has 0 aliphatic carbocycles. The fraction of sp³-hybridized carbons (Fsp3) is 0.588. The van der Waals surface area contributed by atoms with E-state index in [0.717, 1.165) is 19.4 Å². The number of nitrogens with one attached hydrogen (secondary N) is 1. The van der Waals surface area contributed by atoms with Crippen LogP contribution in [0.5, 0.6) is 0 Å². The van der Waals surface area contributed by atoms with Crippen molar-refractivity contribution in [3.05, 3.63) is 29.8 Å². The summed E-state index contributed by atoms with van der Waals surface area (Å²) < 4.78 is 5.21.